The molecule has 1 saturated heterocycles. The largest absolute Gasteiger partial charge is 0.342 e. The second-order valence-electron chi connectivity index (χ2n) is 6.65. The first-order chi connectivity index (χ1) is 9.92. The summed E-state index contributed by atoms with van der Waals surface area (Å²) >= 11 is 6.03. The van der Waals surface area contributed by atoms with Gasteiger partial charge >= 0.3 is 0 Å². The highest BCUT2D eigenvalue weighted by Crippen LogP contribution is 2.28. The quantitative estimate of drug-likeness (QED) is 0.907. The fraction of sp³-hybridized carbons (Fsp3) is 0.588. The van der Waals surface area contributed by atoms with Gasteiger partial charge in [-0.3, -0.25) is 4.79 Å². The molecule has 3 nitrogen and oxygen atoms in total. The molecule has 0 radical (unpaired) electrons. The fourth-order valence-corrected chi connectivity index (χ4v) is 3.35. The Morgan fingerprint density at radius 3 is 2.90 bits per heavy atom. The molecule has 116 valence electrons. The summed E-state index contributed by atoms with van der Waals surface area (Å²) in [5, 5.41) is 3.93. The van der Waals surface area contributed by atoms with Gasteiger partial charge in [-0.05, 0) is 50.0 Å². The highest BCUT2D eigenvalue weighted by molar-refractivity contribution is 6.30. The van der Waals surface area contributed by atoms with E-state index in [1.807, 2.05) is 50.1 Å². The molecule has 0 bridgehead atoms. The van der Waals surface area contributed by atoms with Gasteiger partial charge in [-0.25, -0.2) is 0 Å². The fourth-order valence-electron chi connectivity index (χ4n) is 3.13. The second kappa shape index (κ2) is 6.80. The molecule has 1 aliphatic heterocycles. The number of hydrogen-bond donors (Lipinski definition) is 1. The summed E-state index contributed by atoms with van der Waals surface area (Å²) < 4.78 is 0. The third-order valence-electron chi connectivity index (χ3n) is 4.18. The van der Waals surface area contributed by atoms with E-state index in [2.05, 4.69) is 5.32 Å². The van der Waals surface area contributed by atoms with Crippen molar-refractivity contribution in [1.82, 2.24) is 10.2 Å². The SMILES string of the molecule is CNCC1CCN(C(=O)C(C)(C)Cc2cccc(Cl)c2)C1. The van der Waals surface area contributed by atoms with Crippen molar-refractivity contribution in [2.45, 2.75) is 26.7 Å². The zero-order valence-electron chi connectivity index (χ0n) is 13.2. The number of rotatable bonds is 5. The van der Waals surface area contributed by atoms with Crippen molar-refractivity contribution in [3.8, 4) is 0 Å². The van der Waals surface area contributed by atoms with Crippen molar-refractivity contribution in [1.29, 1.82) is 0 Å². The van der Waals surface area contributed by atoms with Gasteiger partial charge in [0, 0.05) is 23.5 Å². The lowest BCUT2D eigenvalue weighted by molar-refractivity contribution is -0.139. The molecule has 2 rings (SSSR count). The van der Waals surface area contributed by atoms with Gasteiger partial charge in [0.1, 0.15) is 0 Å². The van der Waals surface area contributed by atoms with Crippen molar-refractivity contribution in [2.24, 2.45) is 11.3 Å². The molecule has 21 heavy (non-hydrogen) atoms. The summed E-state index contributed by atoms with van der Waals surface area (Å²) in [7, 11) is 1.97. The van der Waals surface area contributed by atoms with E-state index in [-0.39, 0.29) is 11.3 Å². The predicted molar refractivity (Wildman–Crippen MR) is 87.6 cm³/mol. The molecule has 1 N–H and O–H groups in total. The Hall–Kier alpha value is -1.06. The normalized spacial score (nSPS) is 19.0. The number of nitrogens with one attached hydrogen (secondary N) is 1. The van der Waals surface area contributed by atoms with Gasteiger partial charge < -0.3 is 10.2 Å². The predicted octanol–water partition coefficient (Wildman–Crippen LogP) is 2.98. The molecule has 0 spiro atoms. The van der Waals surface area contributed by atoms with Gasteiger partial charge in [0.2, 0.25) is 5.91 Å². The topological polar surface area (TPSA) is 32.3 Å². The number of likely N-dealkylation sites (tertiary alicyclic amines) is 1. The molecular weight excluding hydrogens is 284 g/mol. The standard InChI is InChI=1S/C17H25ClN2O/c1-17(2,10-13-5-4-6-15(18)9-13)16(21)20-8-7-14(12-20)11-19-3/h4-6,9,14,19H,7-8,10-12H2,1-3H3. The highest BCUT2D eigenvalue weighted by Gasteiger charge is 2.35. The summed E-state index contributed by atoms with van der Waals surface area (Å²) in [4.78, 5) is 14.8. The van der Waals surface area contributed by atoms with E-state index in [1.54, 1.807) is 0 Å². The second-order valence-corrected chi connectivity index (χ2v) is 7.09. The van der Waals surface area contributed by atoms with Crippen LogP contribution in [-0.4, -0.2) is 37.5 Å². The summed E-state index contributed by atoms with van der Waals surface area (Å²) in [5.74, 6) is 0.835. The van der Waals surface area contributed by atoms with E-state index in [9.17, 15) is 4.79 Å². The van der Waals surface area contributed by atoms with Gasteiger partial charge in [-0.1, -0.05) is 37.6 Å². The molecule has 1 heterocycles. The van der Waals surface area contributed by atoms with Gasteiger partial charge in [0.05, 0.1) is 0 Å². The van der Waals surface area contributed by atoms with Crippen LogP contribution in [0, 0.1) is 11.3 Å². The first kappa shape index (κ1) is 16.3. The molecule has 1 aromatic rings. The van der Waals surface area contributed by atoms with Crippen LogP contribution in [0.4, 0.5) is 0 Å². The van der Waals surface area contributed by atoms with Crippen LogP contribution in [0.5, 0.6) is 0 Å². The third kappa shape index (κ3) is 4.21. The van der Waals surface area contributed by atoms with E-state index in [4.69, 9.17) is 11.6 Å². The van der Waals surface area contributed by atoms with Gasteiger partial charge in [0.25, 0.3) is 0 Å². The van der Waals surface area contributed by atoms with Crippen LogP contribution in [0.1, 0.15) is 25.8 Å². The highest BCUT2D eigenvalue weighted by atomic mass is 35.5. The number of hydrogen-bond acceptors (Lipinski definition) is 2. The van der Waals surface area contributed by atoms with Crippen molar-refractivity contribution in [3.05, 3.63) is 34.9 Å². The lowest BCUT2D eigenvalue weighted by Crippen LogP contribution is -2.41. The number of benzene rings is 1. The molecule has 0 saturated carbocycles. The Labute approximate surface area is 132 Å². The number of carbonyl (C=O) groups is 1. The van der Waals surface area contributed by atoms with E-state index in [1.165, 1.54) is 0 Å². The Kier molecular flexibility index (Phi) is 5.28. The summed E-state index contributed by atoms with van der Waals surface area (Å²) in [5.41, 5.74) is 0.728. The number of halogens is 1. The Balaban J connectivity index is 2.00. The smallest absolute Gasteiger partial charge is 0.228 e. The molecular formula is C17H25ClN2O. The molecule has 1 unspecified atom stereocenters. The third-order valence-corrected chi connectivity index (χ3v) is 4.42. The molecule has 1 aliphatic rings. The van der Waals surface area contributed by atoms with Crippen LogP contribution in [-0.2, 0) is 11.2 Å². The van der Waals surface area contributed by atoms with E-state index >= 15 is 0 Å². The minimum Gasteiger partial charge on any atom is -0.342 e. The Bertz CT molecular complexity index is 501. The van der Waals surface area contributed by atoms with Crippen LogP contribution < -0.4 is 5.32 Å². The summed E-state index contributed by atoms with van der Waals surface area (Å²) in [6.45, 7) is 6.80. The molecule has 1 atom stereocenters. The maximum absolute atomic E-state index is 12.8. The molecule has 0 aliphatic carbocycles. The van der Waals surface area contributed by atoms with Crippen LogP contribution in [0.25, 0.3) is 0 Å². The molecule has 4 heteroatoms. The lowest BCUT2D eigenvalue weighted by Gasteiger charge is -2.29. The summed E-state index contributed by atoms with van der Waals surface area (Å²) in [6.07, 6.45) is 1.82. The molecule has 1 amide bonds. The van der Waals surface area contributed by atoms with Crippen molar-refractivity contribution in [2.75, 3.05) is 26.7 Å². The minimum absolute atomic E-state index is 0.251. The van der Waals surface area contributed by atoms with Crippen molar-refractivity contribution in [3.63, 3.8) is 0 Å². The number of nitrogens with zero attached hydrogens (tertiary/aromatic N) is 1. The average molecular weight is 309 g/mol. The van der Waals surface area contributed by atoms with Crippen molar-refractivity contribution < 1.29 is 4.79 Å². The molecule has 0 aromatic heterocycles. The number of carbonyl (C=O) groups excluding carboxylic acids is 1. The van der Waals surface area contributed by atoms with Gasteiger partial charge in [0.15, 0.2) is 0 Å². The lowest BCUT2D eigenvalue weighted by atomic mass is 9.84. The monoisotopic (exact) mass is 308 g/mol. The maximum Gasteiger partial charge on any atom is 0.228 e. The van der Waals surface area contributed by atoms with E-state index in [0.29, 0.717) is 5.92 Å². The van der Waals surface area contributed by atoms with Crippen LogP contribution in [0.15, 0.2) is 24.3 Å². The van der Waals surface area contributed by atoms with Crippen molar-refractivity contribution >= 4 is 17.5 Å². The maximum atomic E-state index is 12.8. The first-order valence-electron chi connectivity index (χ1n) is 7.61. The zero-order chi connectivity index (χ0) is 15.5. The van der Waals surface area contributed by atoms with E-state index < -0.39 is 0 Å². The van der Waals surface area contributed by atoms with Gasteiger partial charge in [-0.2, -0.15) is 0 Å². The minimum atomic E-state index is -0.390. The Morgan fingerprint density at radius 1 is 1.48 bits per heavy atom. The molecule has 1 fully saturated rings. The van der Waals surface area contributed by atoms with E-state index in [0.717, 1.165) is 43.1 Å². The number of amides is 1. The Morgan fingerprint density at radius 2 is 2.24 bits per heavy atom. The zero-order valence-corrected chi connectivity index (χ0v) is 13.9. The van der Waals surface area contributed by atoms with Crippen LogP contribution in [0.2, 0.25) is 5.02 Å². The van der Waals surface area contributed by atoms with Crippen LogP contribution in [0.3, 0.4) is 0 Å². The average Bonchev–Trinajstić information content (AvgIpc) is 2.86. The first-order valence-corrected chi connectivity index (χ1v) is 7.98. The molecule has 1 aromatic carbocycles. The van der Waals surface area contributed by atoms with Gasteiger partial charge in [-0.15, -0.1) is 0 Å². The van der Waals surface area contributed by atoms with Crippen LogP contribution >= 0.6 is 11.6 Å². The summed E-state index contributed by atoms with van der Waals surface area (Å²) in [6, 6.07) is 7.79.